The fraction of sp³-hybridized carbons (Fsp3) is 1.00. The highest BCUT2D eigenvalue weighted by Gasteiger charge is 2.88. The molecule has 0 fully saturated rings. The van der Waals surface area contributed by atoms with E-state index in [1.807, 2.05) is 0 Å². The zero-order valence-electron chi connectivity index (χ0n) is 14.8. The summed E-state index contributed by atoms with van der Waals surface area (Å²) in [5.74, 6) is -19.2. The molecule has 0 rings (SSSR count). The van der Waals surface area contributed by atoms with Gasteiger partial charge in [-0.1, -0.05) is 0 Å². The first-order valence-electron chi connectivity index (χ1n) is 6.95. The Morgan fingerprint density at radius 2 is 0.920 bits per heavy atom. The van der Waals surface area contributed by atoms with Gasteiger partial charge in [-0.05, 0) is 49.2 Å². The Hall–Kier alpha value is -0.533. The van der Waals surface area contributed by atoms with Crippen LogP contribution in [0, 0.1) is 0 Å². The lowest BCUT2D eigenvalue weighted by molar-refractivity contribution is -0.362. The van der Waals surface area contributed by atoms with Crippen LogP contribution in [0.15, 0.2) is 0 Å². The fourth-order valence-corrected chi connectivity index (χ4v) is 7.57. The average Bonchev–Trinajstić information content (AvgIpc) is 2.36. The molecule has 0 aromatic rings. The van der Waals surface area contributed by atoms with Crippen molar-refractivity contribution < 1.29 is 39.5 Å². The highest BCUT2D eigenvalue weighted by atomic mass is 28.4. The number of hydrogen-bond donors (Lipinski definition) is 0. The molecular formula is C12H22F9N3Si. The number of alkyl halides is 9. The maximum atomic E-state index is 14.8. The molecule has 152 valence electrons. The predicted molar refractivity (Wildman–Crippen MR) is 77.2 cm³/mol. The monoisotopic (exact) mass is 407 g/mol. The Kier molecular flexibility index (Phi) is 6.74. The Balaban J connectivity index is 6.72. The van der Waals surface area contributed by atoms with Crippen molar-refractivity contribution in [1.29, 1.82) is 0 Å². The van der Waals surface area contributed by atoms with E-state index in [1.54, 1.807) is 0 Å². The molecule has 0 N–H and O–H groups in total. The standard InChI is InChI=1S/C12H22F9N3Si/c1-8(13)9(14,15)10(16,17)11(18,19)12(20,21)25(22(2)3,23(4)5)24(6)7/h8H,1-7H3. The normalized spacial score (nSPS) is 16.9. The molecule has 1 atom stereocenters. The van der Waals surface area contributed by atoms with E-state index in [1.165, 1.54) is 0 Å². The first-order valence-corrected chi connectivity index (χ1v) is 8.79. The van der Waals surface area contributed by atoms with Gasteiger partial charge in [0.15, 0.2) is 6.17 Å². The van der Waals surface area contributed by atoms with Gasteiger partial charge in [-0.15, -0.1) is 0 Å². The van der Waals surface area contributed by atoms with Crippen molar-refractivity contribution in [3.05, 3.63) is 0 Å². The largest absolute Gasteiger partial charge is 0.381 e. The smallest absolute Gasteiger partial charge is 0.301 e. The molecule has 0 saturated carbocycles. The molecule has 13 heteroatoms. The van der Waals surface area contributed by atoms with E-state index in [9.17, 15) is 39.5 Å². The van der Waals surface area contributed by atoms with Crippen LogP contribution in [0.25, 0.3) is 0 Å². The number of hydrogen-bond acceptors (Lipinski definition) is 3. The topological polar surface area (TPSA) is 9.72 Å². The second-order valence-electron chi connectivity index (χ2n) is 6.28. The summed E-state index contributed by atoms with van der Waals surface area (Å²) in [5, 5.41) is 0. The molecule has 0 saturated heterocycles. The van der Waals surface area contributed by atoms with Crippen molar-refractivity contribution >= 4 is 8.56 Å². The van der Waals surface area contributed by atoms with E-state index in [0.29, 0.717) is 13.7 Å². The van der Waals surface area contributed by atoms with Crippen molar-refractivity contribution in [3.8, 4) is 0 Å². The summed E-state index contributed by atoms with van der Waals surface area (Å²) in [6.45, 7) is -0.101. The zero-order chi connectivity index (χ0) is 20.8. The van der Waals surface area contributed by atoms with Crippen LogP contribution in [0.5, 0.6) is 0 Å². The summed E-state index contributed by atoms with van der Waals surface area (Å²) < 4.78 is 127. The van der Waals surface area contributed by atoms with Gasteiger partial charge < -0.3 is 13.7 Å². The second-order valence-corrected chi connectivity index (χ2v) is 10.9. The van der Waals surface area contributed by atoms with E-state index in [2.05, 4.69) is 0 Å². The molecule has 0 bridgehead atoms. The summed E-state index contributed by atoms with van der Waals surface area (Å²) in [7, 11) is 0.559. The molecule has 0 aromatic carbocycles. The third-order valence-corrected chi connectivity index (χ3v) is 8.90. The van der Waals surface area contributed by atoms with Gasteiger partial charge in [0.05, 0.1) is 0 Å². The van der Waals surface area contributed by atoms with E-state index >= 15 is 0 Å². The van der Waals surface area contributed by atoms with Crippen LogP contribution in [0.2, 0.25) is 0 Å². The Bertz CT molecular complexity index is 445. The molecule has 0 aromatic heterocycles. The summed E-state index contributed by atoms with van der Waals surface area (Å²) in [4.78, 5) is 0. The van der Waals surface area contributed by atoms with Crippen molar-refractivity contribution in [2.24, 2.45) is 0 Å². The van der Waals surface area contributed by atoms with Gasteiger partial charge in [0.2, 0.25) is 0 Å². The van der Waals surface area contributed by atoms with Crippen LogP contribution in [0.1, 0.15) is 6.92 Å². The lowest BCUT2D eigenvalue weighted by atomic mass is 10.0. The Labute approximate surface area is 141 Å². The van der Waals surface area contributed by atoms with E-state index < -0.39 is 38.0 Å². The van der Waals surface area contributed by atoms with Gasteiger partial charge in [-0.2, -0.15) is 35.1 Å². The van der Waals surface area contributed by atoms with Crippen LogP contribution in [-0.4, -0.2) is 94.0 Å². The second kappa shape index (κ2) is 6.89. The van der Waals surface area contributed by atoms with Crippen LogP contribution in [0.4, 0.5) is 39.5 Å². The Morgan fingerprint density at radius 1 is 0.640 bits per heavy atom. The first kappa shape index (κ1) is 24.5. The number of rotatable bonds is 8. The highest BCUT2D eigenvalue weighted by Crippen LogP contribution is 2.57. The molecule has 0 aliphatic rings. The van der Waals surface area contributed by atoms with Gasteiger partial charge >= 0.3 is 31.9 Å². The molecule has 0 aliphatic carbocycles. The molecular weight excluding hydrogens is 385 g/mol. The first-order chi connectivity index (χ1) is 10.8. The summed E-state index contributed by atoms with van der Waals surface area (Å²) in [6, 6.07) is 0. The summed E-state index contributed by atoms with van der Waals surface area (Å²) in [6.07, 6.45) is -3.77. The molecule has 0 heterocycles. The minimum Gasteiger partial charge on any atom is -0.301 e. The van der Waals surface area contributed by atoms with Gasteiger partial charge in [0.1, 0.15) is 0 Å². The lowest BCUT2D eigenvalue weighted by Gasteiger charge is -2.52. The van der Waals surface area contributed by atoms with Crippen LogP contribution in [-0.2, 0) is 0 Å². The minimum atomic E-state index is -6.63. The molecule has 0 radical (unpaired) electrons. The number of halogens is 9. The van der Waals surface area contributed by atoms with Crippen molar-refractivity contribution in [3.63, 3.8) is 0 Å². The predicted octanol–water partition coefficient (Wildman–Crippen LogP) is 3.05. The van der Waals surface area contributed by atoms with E-state index in [4.69, 9.17) is 0 Å². The highest BCUT2D eigenvalue weighted by molar-refractivity contribution is 6.74. The van der Waals surface area contributed by atoms with Crippen molar-refractivity contribution in [1.82, 2.24) is 13.7 Å². The SMILES string of the molecule is CC(F)C(F)(F)C(F)(F)C(F)(F)C(F)(F)[Si](N(C)C)(N(C)C)N(C)C. The van der Waals surface area contributed by atoms with Crippen molar-refractivity contribution in [2.45, 2.75) is 36.4 Å². The van der Waals surface area contributed by atoms with E-state index in [-0.39, 0.29) is 6.92 Å². The van der Waals surface area contributed by atoms with Gasteiger partial charge in [0, 0.05) is 0 Å². The Morgan fingerprint density at radius 3 is 1.12 bits per heavy atom. The summed E-state index contributed by atoms with van der Waals surface area (Å²) in [5.41, 5.74) is -5.61. The zero-order valence-corrected chi connectivity index (χ0v) is 15.8. The third-order valence-electron chi connectivity index (χ3n) is 4.00. The number of nitrogens with zero attached hydrogens (tertiary/aromatic N) is 3. The van der Waals surface area contributed by atoms with Gasteiger partial charge in [0.25, 0.3) is 0 Å². The molecule has 25 heavy (non-hydrogen) atoms. The van der Waals surface area contributed by atoms with Crippen molar-refractivity contribution in [2.75, 3.05) is 42.3 Å². The minimum absolute atomic E-state index is 0.101. The van der Waals surface area contributed by atoms with Crippen LogP contribution >= 0.6 is 0 Å². The van der Waals surface area contributed by atoms with E-state index in [0.717, 1.165) is 42.3 Å². The van der Waals surface area contributed by atoms with Gasteiger partial charge in [-0.3, -0.25) is 0 Å². The quantitative estimate of drug-likeness (QED) is 0.453. The summed E-state index contributed by atoms with van der Waals surface area (Å²) >= 11 is 0. The fourth-order valence-electron chi connectivity index (χ4n) is 2.91. The molecule has 3 nitrogen and oxygen atoms in total. The van der Waals surface area contributed by atoms with Gasteiger partial charge in [-0.25, -0.2) is 4.39 Å². The molecule has 0 spiro atoms. The molecule has 1 unspecified atom stereocenters. The third kappa shape index (κ3) is 3.06. The molecule has 0 aliphatic heterocycles. The lowest BCUT2D eigenvalue weighted by Crippen LogP contribution is -2.85. The van der Waals surface area contributed by atoms with Crippen LogP contribution < -0.4 is 0 Å². The maximum Gasteiger partial charge on any atom is 0.381 e. The average molecular weight is 407 g/mol. The molecule has 0 amide bonds. The van der Waals surface area contributed by atoms with Crippen LogP contribution in [0.3, 0.4) is 0 Å². The maximum absolute atomic E-state index is 14.8.